The number of thiazole rings is 1. The molecule has 29 heavy (non-hydrogen) atoms. The zero-order valence-electron chi connectivity index (χ0n) is 16.3. The van der Waals surface area contributed by atoms with Crippen molar-refractivity contribution < 1.29 is 9.32 Å². The molecular formula is C19H24BrN5O2S2. The Bertz CT molecular complexity index is 994. The van der Waals surface area contributed by atoms with Gasteiger partial charge in [0.25, 0.3) is 0 Å². The molecule has 3 rings (SSSR count). The van der Waals surface area contributed by atoms with Crippen molar-refractivity contribution in [3.05, 3.63) is 34.3 Å². The van der Waals surface area contributed by atoms with Crippen LogP contribution < -0.4 is 11.1 Å². The van der Waals surface area contributed by atoms with Crippen molar-refractivity contribution in [2.24, 2.45) is 5.92 Å². The summed E-state index contributed by atoms with van der Waals surface area (Å²) in [4.78, 5) is 13.1. The second-order valence-corrected chi connectivity index (χ2v) is 10.5. The lowest BCUT2D eigenvalue weighted by molar-refractivity contribution is 0.259. The zero-order chi connectivity index (χ0) is 21.0. The van der Waals surface area contributed by atoms with Crippen LogP contribution in [0, 0.1) is 5.92 Å². The average Bonchev–Trinajstić information content (AvgIpc) is 3.06. The number of benzene rings is 1. The molecule has 2 aromatic heterocycles. The van der Waals surface area contributed by atoms with Crippen LogP contribution in [0.15, 0.2) is 33.9 Å². The third-order valence-corrected chi connectivity index (χ3v) is 6.83. The Morgan fingerprint density at radius 1 is 1.24 bits per heavy atom. The molecule has 156 valence electrons. The largest absolute Gasteiger partial charge is 0.394 e. The van der Waals surface area contributed by atoms with Gasteiger partial charge < -0.3 is 16.2 Å². The Balaban J connectivity index is 1.83. The Morgan fingerprint density at radius 2 is 1.97 bits per heavy atom. The standard InChI is InChI=1S/C19H24BrN5O2S2/c1-11(2)9-14(10-26)22-16-15-17(23-18(21)28-15)25-19(24-16)29(27)8-7-12-3-5-13(20)6-4-12/h3-6,11,14,26H,7-10H2,1-2H3,(H3,21,22,23,24,25)/t14-,29+/m1/s1. The van der Waals surface area contributed by atoms with Crippen LogP contribution in [0.3, 0.4) is 0 Å². The summed E-state index contributed by atoms with van der Waals surface area (Å²) >= 11 is 4.69. The minimum absolute atomic E-state index is 0.0278. The number of hydrogen-bond acceptors (Lipinski definition) is 8. The van der Waals surface area contributed by atoms with E-state index in [1.807, 2.05) is 24.3 Å². The summed E-state index contributed by atoms with van der Waals surface area (Å²) in [7, 11) is -1.39. The van der Waals surface area contributed by atoms with Crippen LogP contribution in [0.4, 0.5) is 10.9 Å². The Morgan fingerprint density at radius 3 is 2.62 bits per heavy atom. The van der Waals surface area contributed by atoms with Crippen LogP contribution >= 0.6 is 27.3 Å². The van der Waals surface area contributed by atoms with Gasteiger partial charge in [-0.2, -0.15) is 4.98 Å². The molecule has 0 aliphatic rings. The molecule has 4 N–H and O–H groups in total. The molecular weight excluding hydrogens is 474 g/mol. The molecule has 0 aliphatic heterocycles. The lowest BCUT2D eigenvalue weighted by atomic mass is 10.0. The molecule has 10 heteroatoms. The first-order chi connectivity index (χ1) is 13.9. The van der Waals surface area contributed by atoms with E-state index in [9.17, 15) is 9.32 Å². The van der Waals surface area contributed by atoms with E-state index in [2.05, 4.69) is 50.0 Å². The summed E-state index contributed by atoms with van der Waals surface area (Å²) in [5, 5.41) is 13.6. The fourth-order valence-corrected chi connectivity index (χ4v) is 4.89. The van der Waals surface area contributed by atoms with E-state index in [1.54, 1.807) is 0 Å². The monoisotopic (exact) mass is 497 g/mol. The third kappa shape index (κ3) is 5.94. The van der Waals surface area contributed by atoms with E-state index in [0.717, 1.165) is 16.5 Å². The molecule has 3 aromatic rings. The van der Waals surface area contributed by atoms with Crippen molar-refractivity contribution in [1.29, 1.82) is 0 Å². The number of nitrogens with one attached hydrogen (secondary N) is 1. The van der Waals surface area contributed by atoms with E-state index < -0.39 is 10.8 Å². The van der Waals surface area contributed by atoms with Crippen LogP contribution in [-0.2, 0) is 17.2 Å². The predicted octanol–water partition coefficient (Wildman–Crippen LogP) is 3.60. The SMILES string of the molecule is CC(C)C[C@H](CO)Nc1nc([S@@](=O)CCc2ccc(Br)cc2)nc2nc(N)sc12. The Kier molecular flexibility index (Phi) is 7.55. The second-order valence-electron chi connectivity index (χ2n) is 7.14. The van der Waals surface area contributed by atoms with Gasteiger partial charge in [-0.1, -0.05) is 53.2 Å². The van der Waals surface area contributed by atoms with E-state index in [0.29, 0.717) is 39.4 Å². The minimum atomic E-state index is -1.39. The van der Waals surface area contributed by atoms with Crippen molar-refractivity contribution in [2.45, 2.75) is 37.9 Å². The molecule has 0 radical (unpaired) electrons. The number of hydrogen-bond donors (Lipinski definition) is 3. The lowest BCUT2D eigenvalue weighted by Gasteiger charge is -2.19. The van der Waals surface area contributed by atoms with Gasteiger partial charge in [0.1, 0.15) is 4.70 Å². The molecule has 7 nitrogen and oxygen atoms in total. The quantitative estimate of drug-likeness (QED) is 0.386. The second kappa shape index (κ2) is 9.92. The third-order valence-electron chi connectivity index (χ3n) is 4.26. The number of aliphatic hydroxyl groups is 1. The van der Waals surface area contributed by atoms with Gasteiger partial charge in [0, 0.05) is 10.2 Å². The van der Waals surface area contributed by atoms with Crippen LogP contribution in [0.2, 0.25) is 0 Å². The van der Waals surface area contributed by atoms with Crippen LogP contribution in [-0.4, -0.2) is 42.7 Å². The number of nitrogens with zero attached hydrogens (tertiary/aromatic N) is 3. The Labute approximate surface area is 184 Å². The molecule has 0 fully saturated rings. The number of fused-ring (bicyclic) bond motifs is 1. The molecule has 2 heterocycles. The van der Waals surface area contributed by atoms with Crippen molar-refractivity contribution in [2.75, 3.05) is 23.4 Å². The molecule has 0 saturated carbocycles. The summed E-state index contributed by atoms with van der Waals surface area (Å²) in [6.07, 6.45) is 1.42. The van der Waals surface area contributed by atoms with Crippen molar-refractivity contribution in [3.63, 3.8) is 0 Å². The van der Waals surface area contributed by atoms with Gasteiger partial charge in [-0.15, -0.1) is 0 Å². The summed E-state index contributed by atoms with van der Waals surface area (Å²) in [6.45, 7) is 4.15. The summed E-state index contributed by atoms with van der Waals surface area (Å²) in [6, 6.07) is 7.75. The number of nitrogen functional groups attached to an aromatic ring is 1. The molecule has 0 aliphatic carbocycles. The van der Waals surface area contributed by atoms with Gasteiger partial charge in [-0.3, -0.25) is 4.21 Å². The number of rotatable bonds is 9. The predicted molar refractivity (Wildman–Crippen MR) is 123 cm³/mol. The number of aryl methyl sites for hydroxylation is 1. The van der Waals surface area contributed by atoms with E-state index >= 15 is 0 Å². The van der Waals surface area contributed by atoms with Crippen molar-refractivity contribution in [3.8, 4) is 0 Å². The van der Waals surface area contributed by atoms with Crippen LogP contribution in [0.25, 0.3) is 10.3 Å². The summed E-state index contributed by atoms with van der Waals surface area (Å²) < 4.78 is 14.6. The maximum Gasteiger partial charge on any atom is 0.222 e. The first kappa shape index (κ1) is 22.1. The van der Waals surface area contributed by atoms with Gasteiger partial charge in [0.15, 0.2) is 16.6 Å². The number of nitrogens with two attached hydrogens (primary N) is 1. The van der Waals surface area contributed by atoms with Crippen molar-refractivity contribution in [1.82, 2.24) is 15.0 Å². The van der Waals surface area contributed by atoms with Gasteiger partial charge in [0.05, 0.1) is 23.4 Å². The minimum Gasteiger partial charge on any atom is -0.394 e. The maximum atomic E-state index is 12.9. The number of anilines is 2. The Hall–Kier alpha value is -1.62. The zero-order valence-corrected chi connectivity index (χ0v) is 19.5. The highest BCUT2D eigenvalue weighted by Gasteiger charge is 2.19. The van der Waals surface area contributed by atoms with Gasteiger partial charge in [0.2, 0.25) is 5.16 Å². The highest BCUT2D eigenvalue weighted by Crippen LogP contribution is 2.30. The van der Waals surface area contributed by atoms with E-state index in [-0.39, 0.29) is 17.8 Å². The average molecular weight is 498 g/mol. The van der Waals surface area contributed by atoms with Crippen LogP contribution in [0.1, 0.15) is 25.8 Å². The molecule has 0 bridgehead atoms. The van der Waals surface area contributed by atoms with E-state index in [4.69, 9.17) is 5.73 Å². The number of halogens is 1. The summed E-state index contributed by atoms with van der Waals surface area (Å²) in [5.41, 5.74) is 7.38. The van der Waals surface area contributed by atoms with Gasteiger partial charge >= 0.3 is 0 Å². The van der Waals surface area contributed by atoms with Gasteiger partial charge in [-0.05, 0) is 36.5 Å². The molecule has 1 aromatic carbocycles. The summed E-state index contributed by atoms with van der Waals surface area (Å²) in [5.74, 6) is 1.33. The maximum absolute atomic E-state index is 12.9. The molecule has 0 spiro atoms. The topological polar surface area (TPSA) is 114 Å². The molecule has 0 amide bonds. The number of aliphatic hydroxyl groups excluding tert-OH is 1. The van der Waals surface area contributed by atoms with Gasteiger partial charge in [-0.25, -0.2) is 9.97 Å². The van der Waals surface area contributed by atoms with Crippen LogP contribution in [0.5, 0.6) is 0 Å². The molecule has 0 saturated heterocycles. The number of aromatic nitrogens is 3. The lowest BCUT2D eigenvalue weighted by Crippen LogP contribution is -2.26. The van der Waals surface area contributed by atoms with Crippen molar-refractivity contribution >= 4 is 59.4 Å². The first-order valence-electron chi connectivity index (χ1n) is 9.30. The fraction of sp³-hybridized carbons (Fsp3) is 0.421. The fourth-order valence-electron chi connectivity index (χ4n) is 2.91. The highest BCUT2D eigenvalue weighted by atomic mass is 79.9. The van der Waals surface area contributed by atoms with E-state index in [1.165, 1.54) is 11.3 Å². The molecule has 0 unspecified atom stereocenters. The smallest absolute Gasteiger partial charge is 0.222 e. The first-order valence-corrected chi connectivity index (χ1v) is 12.2. The normalized spacial score (nSPS) is 13.7. The highest BCUT2D eigenvalue weighted by molar-refractivity contribution is 9.10. The molecule has 2 atom stereocenters.